The van der Waals surface area contributed by atoms with Crippen LogP contribution in [0.2, 0.25) is 0 Å². The molecule has 4 rings (SSSR count). The van der Waals surface area contributed by atoms with Crippen LogP contribution in [0.15, 0.2) is 120 Å². The molecule has 0 saturated carbocycles. The normalized spacial score (nSPS) is 11.8. The first-order valence-electron chi connectivity index (χ1n) is 11.9. The summed E-state index contributed by atoms with van der Waals surface area (Å²) < 4.78 is 0. The monoisotopic (exact) mass is 522 g/mol. The highest BCUT2D eigenvalue weighted by Gasteiger charge is 2.17. The van der Waals surface area contributed by atoms with E-state index in [0.29, 0.717) is 16.9 Å². The molecular formula is C30H26N4O3S. The van der Waals surface area contributed by atoms with Crippen molar-refractivity contribution in [1.29, 1.82) is 0 Å². The maximum Gasteiger partial charge on any atom is 0.272 e. The molecule has 3 amide bonds. The second kappa shape index (κ2) is 13.0. The van der Waals surface area contributed by atoms with Gasteiger partial charge in [0, 0.05) is 34.2 Å². The topological polar surface area (TPSA) is 100 Å². The van der Waals surface area contributed by atoms with Crippen LogP contribution in [0.3, 0.4) is 0 Å². The number of carbonyl (C=O) groups is 3. The quantitative estimate of drug-likeness (QED) is 0.196. The molecule has 0 bridgehead atoms. The van der Waals surface area contributed by atoms with Crippen molar-refractivity contribution in [3.8, 4) is 0 Å². The number of hydrogen-bond acceptors (Lipinski definition) is 5. The summed E-state index contributed by atoms with van der Waals surface area (Å²) in [5.74, 6) is -0.958. The highest BCUT2D eigenvalue weighted by molar-refractivity contribution is 8.00. The van der Waals surface area contributed by atoms with Gasteiger partial charge in [-0.25, -0.2) is 0 Å². The molecule has 7 nitrogen and oxygen atoms in total. The first kappa shape index (κ1) is 26.4. The van der Waals surface area contributed by atoms with E-state index in [2.05, 4.69) is 20.9 Å². The van der Waals surface area contributed by atoms with E-state index in [-0.39, 0.29) is 22.8 Å². The molecule has 1 atom stereocenters. The Hall–Kier alpha value is -4.69. The van der Waals surface area contributed by atoms with Crippen LogP contribution >= 0.6 is 11.8 Å². The van der Waals surface area contributed by atoms with Crippen LogP contribution in [0.4, 0.5) is 11.4 Å². The van der Waals surface area contributed by atoms with Crippen LogP contribution in [0.1, 0.15) is 22.8 Å². The molecule has 1 aromatic heterocycles. The Morgan fingerprint density at radius 2 is 1.37 bits per heavy atom. The summed E-state index contributed by atoms with van der Waals surface area (Å²) in [4.78, 5) is 43.2. The molecule has 0 fully saturated rings. The molecule has 8 heteroatoms. The summed E-state index contributed by atoms with van der Waals surface area (Å²) in [5, 5.41) is 8.09. The van der Waals surface area contributed by atoms with E-state index < -0.39 is 5.91 Å². The minimum absolute atomic E-state index is 0.116. The second-order valence-corrected chi connectivity index (χ2v) is 9.67. The molecule has 38 heavy (non-hydrogen) atoms. The van der Waals surface area contributed by atoms with Gasteiger partial charge in [-0.1, -0.05) is 48.5 Å². The lowest BCUT2D eigenvalue weighted by Gasteiger charge is -2.13. The van der Waals surface area contributed by atoms with Gasteiger partial charge < -0.3 is 16.0 Å². The standard InChI is InChI=1S/C30H26N4O3S/c1-21(28(35)32-25-16-18-31-19-17-25)38-26-14-12-24(13-15-26)33-30(37)27(20-22-8-4-2-5-9-22)34-29(36)23-10-6-3-7-11-23/h2-21H,1H3,(H,33,37)(H,34,36)(H,31,32,35)/b27-20-. The molecule has 0 radical (unpaired) electrons. The minimum Gasteiger partial charge on any atom is -0.325 e. The number of amides is 3. The number of benzene rings is 3. The number of rotatable bonds is 9. The maximum atomic E-state index is 13.2. The highest BCUT2D eigenvalue weighted by atomic mass is 32.2. The smallest absolute Gasteiger partial charge is 0.272 e. The van der Waals surface area contributed by atoms with E-state index in [4.69, 9.17) is 0 Å². The SMILES string of the molecule is CC(Sc1ccc(NC(=O)/C(=C/c2ccccc2)NC(=O)c2ccccc2)cc1)C(=O)Nc1ccncc1. The van der Waals surface area contributed by atoms with Gasteiger partial charge in [-0.05, 0) is 67.1 Å². The summed E-state index contributed by atoms with van der Waals surface area (Å²) in [6.45, 7) is 1.83. The van der Waals surface area contributed by atoms with Crippen molar-refractivity contribution in [2.75, 3.05) is 10.6 Å². The summed E-state index contributed by atoms with van der Waals surface area (Å²) >= 11 is 1.40. The average molecular weight is 523 g/mol. The Morgan fingerprint density at radius 3 is 2.03 bits per heavy atom. The molecule has 0 aliphatic heterocycles. The molecule has 1 heterocycles. The van der Waals surface area contributed by atoms with E-state index in [0.717, 1.165) is 10.5 Å². The van der Waals surface area contributed by atoms with Gasteiger partial charge in [0.2, 0.25) is 5.91 Å². The number of aromatic nitrogens is 1. The van der Waals surface area contributed by atoms with E-state index in [1.165, 1.54) is 11.8 Å². The second-order valence-electron chi connectivity index (χ2n) is 8.25. The van der Waals surface area contributed by atoms with Crippen molar-refractivity contribution in [2.45, 2.75) is 17.1 Å². The number of hydrogen-bond donors (Lipinski definition) is 3. The van der Waals surface area contributed by atoms with Crippen LogP contribution in [0, 0.1) is 0 Å². The zero-order valence-electron chi connectivity index (χ0n) is 20.6. The van der Waals surface area contributed by atoms with Crippen molar-refractivity contribution >= 4 is 46.9 Å². The number of anilines is 2. The number of nitrogens with zero attached hydrogens (tertiary/aromatic N) is 1. The highest BCUT2D eigenvalue weighted by Crippen LogP contribution is 2.26. The fourth-order valence-corrected chi connectivity index (χ4v) is 4.28. The summed E-state index contributed by atoms with van der Waals surface area (Å²) in [6, 6.07) is 28.6. The maximum absolute atomic E-state index is 13.2. The molecule has 1 unspecified atom stereocenters. The third kappa shape index (κ3) is 7.65. The number of nitrogens with one attached hydrogen (secondary N) is 3. The van der Waals surface area contributed by atoms with Crippen LogP contribution in [0.5, 0.6) is 0 Å². The predicted octanol–water partition coefficient (Wildman–Crippen LogP) is 5.61. The van der Waals surface area contributed by atoms with Crippen molar-refractivity contribution in [3.05, 3.63) is 126 Å². The van der Waals surface area contributed by atoms with Gasteiger partial charge in [0.1, 0.15) is 5.70 Å². The summed E-state index contributed by atoms with van der Waals surface area (Å²) in [7, 11) is 0. The van der Waals surface area contributed by atoms with Crippen molar-refractivity contribution in [3.63, 3.8) is 0 Å². The molecule has 4 aromatic rings. The molecule has 3 N–H and O–H groups in total. The molecule has 0 aliphatic rings. The first-order chi connectivity index (χ1) is 18.5. The van der Waals surface area contributed by atoms with Gasteiger partial charge in [0.05, 0.1) is 5.25 Å². The van der Waals surface area contributed by atoms with E-state index in [9.17, 15) is 14.4 Å². The fraction of sp³-hybridized carbons (Fsp3) is 0.0667. The van der Waals surface area contributed by atoms with Gasteiger partial charge in [0.15, 0.2) is 0 Å². The van der Waals surface area contributed by atoms with Gasteiger partial charge in [0.25, 0.3) is 11.8 Å². The predicted molar refractivity (Wildman–Crippen MR) is 152 cm³/mol. The molecule has 190 valence electrons. The number of carbonyl (C=O) groups excluding carboxylic acids is 3. The van der Waals surface area contributed by atoms with Crippen LogP contribution in [-0.2, 0) is 9.59 Å². The van der Waals surface area contributed by atoms with Crippen molar-refractivity contribution in [1.82, 2.24) is 10.3 Å². The third-order valence-electron chi connectivity index (χ3n) is 5.38. The lowest BCUT2D eigenvalue weighted by molar-refractivity contribution is -0.115. The zero-order valence-corrected chi connectivity index (χ0v) is 21.4. The third-order valence-corrected chi connectivity index (χ3v) is 6.49. The first-order valence-corrected chi connectivity index (χ1v) is 12.8. The summed E-state index contributed by atoms with van der Waals surface area (Å²) in [6.07, 6.45) is 4.87. The van der Waals surface area contributed by atoms with Crippen LogP contribution < -0.4 is 16.0 Å². The van der Waals surface area contributed by atoms with Gasteiger partial charge in [-0.2, -0.15) is 0 Å². The molecule has 0 spiro atoms. The summed E-state index contributed by atoms with van der Waals surface area (Å²) in [5.41, 5.74) is 2.58. The lowest BCUT2D eigenvalue weighted by atomic mass is 10.1. The minimum atomic E-state index is -0.455. The van der Waals surface area contributed by atoms with Gasteiger partial charge >= 0.3 is 0 Å². The Bertz CT molecular complexity index is 1410. The lowest BCUT2D eigenvalue weighted by Crippen LogP contribution is -2.30. The Labute approximate surface area is 225 Å². The Morgan fingerprint density at radius 1 is 0.763 bits per heavy atom. The molecule has 0 aliphatic carbocycles. The van der Waals surface area contributed by atoms with Crippen LogP contribution in [-0.4, -0.2) is 28.0 Å². The number of pyridine rings is 1. The van der Waals surface area contributed by atoms with E-state index in [1.54, 1.807) is 67.0 Å². The largest absolute Gasteiger partial charge is 0.325 e. The number of thioether (sulfide) groups is 1. The fourth-order valence-electron chi connectivity index (χ4n) is 3.41. The zero-order chi connectivity index (χ0) is 26.7. The van der Waals surface area contributed by atoms with Gasteiger partial charge in [-0.15, -0.1) is 11.8 Å². The van der Waals surface area contributed by atoms with E-state index >= 15 is 0 Å². The van der Waals surface area contributed by atoms with Crippen LogP contribution in [0.25, 0.3) is 6.08 Å². The Balaban J connectivity index is 1.41. The average Bonchev–Trinajstić information content (AvgIpc) is 2.95. The van der Waals surface area contributed by atoms with Gasteiger partial charge in [-0.3, -0.25) is 19.4 Å². The van der Waals surface area contributed by atoms with Crippen molar-refractivity contribution < 1.29 is 14.4 Å². The van der Waals surface area contributed by atoms with Crippen molar-refractivity contribution in [2.24, 2.45) is 0 Å². The molecular weight excluding hydrogens is 496 g/mol. The molecule has 0 saturated heterocycles. The van der Waals surface area contributed by atoms with E-state index in [1.807, 2.05) is 55.5 Å². The Kier molecular flexibility index (Phi) is 9.04. The molecule has 3 aromatic carbocycles.